The molecule has 0 radical (unpaired) electrons. The molecule has 1 atom stereocenters. The highest BCUT2D eigenvalue weighted by molar-refractivity contribution is 7.89. The molecular formula is C27H24FN7O3S. The molecular weight excluding hydrogens is 521 g/mol. The van der Waals surface area contributed by atoms with Gasteiger partial charge in [-0.25, -0.2) is 22.5 Å². The average molecular weight is 546 g/mol. The van der Waals surface area contributed by atoms with Crippen LogP contribution in [0.1, 0.15) is 23.2 Å². The van der Waals surface area contributed by atoms with Crippen LogP contribution >= 0.6 is 0 Å². The van der Waals surface area contributed by atoms with Gasteiger partial charge in [-0.2, -0.15) is 19.8 Å². The number of nitrogens with zero attached hydrogens (tertiary/aromatic N) is 7. The van der Waals surface area contributed by atoms with Crippen LogP contribution in [0.3, 0.4) is 0 Å². The Labute approximate surface area is 224 Å². The highest BCUT2D eigenvalue weighted by atomic mass is 32.2. The smallest absolute Gasteiger partial charge is 0.246 e. The number of piperidine rings is 1. The van der Waals surface area contributed by atoms with Crippen LogP contribution in [0.25, 0.3) is 11.8 Å². The maximum Gasteiger partial charge on any atom is 0.246 e. The molecule has 1 aromatic carbocycles. The van der Waals surface area contributed by atoms with Crippen LogP contribution in [0.4, 0.5) is 4.39 Å². The molecule has 4 heterocycles. The van der Waals surface area contributed by atoms with Gasteiger partial charge in [-0.1, -0.05) is 5.57 Å². The molecule has 0 amide bonds. The molecule has 2 aliphatic rings. The Hall–Kier alpha value is -4.34. The summed E-state index contributed by atoms with van der Waals surface area (Å²) in [7, 11) is -2.13. The third kappa shape index (κ3) is 4.39. The van der Waals surface area contributed by atoms with Crippen molar-refractivity contribution in [2.24, 2.45) is 12.5 Å². The summed E-state index contributed by atoms with van der Waals surface area (Å²) >= 11 is 0. The molecule has 3 aromatic heterocycles. The first-order valence-electron chi connectivity index (χ1n) is 12.3. The quantitative estimate of drug-likeness (QED) is 0.365. The zero-order chi connectivity index (χ0) is 27.2. The third-order valence-electron chi connectivity index (χ3n) is 7.28. The Kier molecular flexibility index (Phi) is 6.05. The van der Waals surface area contributed by atoms with Crippen LogP contribution in [-0.2, 0) is 23.5 Å². The molecule has 6 rings (SSSR count). The Bertz CT molecular complexity index is 1740. The van der Waals surface area contributed by atoms with Crippen molar-refractivity contribution in [3.63, 3.8) is 0 Å². The van der Waals surface area contributed by atoms with E-state index in [2.05, 4.69) is 21.3 Å². The minimum atomic E-state index is -3.80. The number of nitriles is 1. The summed E-state index contributed by atoms with van der Waals surface area (Å²) in [5, 5.41) is 18.1. The van der Waals surface area contributed by atoms with Crippen LogP contribution in [0.15, 0.2) is 71.7 Å². The van der Waals surface area contributed by atoms with Gasteiger partial charge in [0.15, 0.2) is 0 Å². The number of aryl methyl sites for hydroxylation is 1. The van der Waals surface area contributed by atoms with Gasteiger partial charge in [-0.15, -0.1) is 0 Å². The summed E-state index contributed by atoms with van der Waals surface area (Å²) in [6, 6.07) is 11.5. The summed E-state index contributed by atoms with van der Waals surface area (Å²) in [6.07, 6.45) is 9.12. The minimum absolute atomic E-state index is 0.116. The van der Waals surface area contributed by atoms with Crippen molar-refractivity contribution < 1.29 is 17.5 Å². The zero-order valence-corrected chi connectivity index (χ0v) is 21.8. The lowest BCUT2D eigenvalue weighted by Gasteiger charge is -2.45. The van der Waals surface area contributed by atoms with Crippen LogP contribution < -0.4 is 4.74 Å². The average Bonchev–Trinajstić information content (AvgIpc) is 3.57. The van der Waals surface area contributed by atoms with Gasteiger partial charge in [0.1, 0.15) is 29.0 Å². The predicted octanol–water partition coefficient (Wildman–Crippen LogP) is 3.11. The lowest BCUT2D eigenvalue weighted by Crippen LogP contribution is -2.52. The number of rotatable bonds is 6. The number of ether oxygens (including phenoxy) is 1. The van der Waals surface area contributed by atoms with Gasteiger partial charge >= 0.3 is 0 Å². The number of pyridine rings is 1. The largest absolute Gasteiger partial charge is 0.476 e. The monoisotopic (exact) mass is 545 g/mol. The number of fused-ring (bicyclic) bond motifs is 2. The minimum Gasteiger partial charge on any atom is -0.476 e. The van der Waals surface area contributed by atoms with E-state index in [4.69, 9.17) is 4.74 Å². The summed E-state index contributed by atoms with van der Waals surface area (Å²) in [4.78, 5) is 4.36. The first-order chi connectivity index (χ1) is 18.8. The zero-order valence-electron chi connectivity index (χ0n) is 21.0. The van der Waals surface area contributed by atoms with Crippen LogP contribution in [-0.4, -0.2) is 57.0 Å². The van der Waals surface area contributed by atoms with Gasteiger partial charge in [0.05, 0.1) is 23.8 Å². The summed E-state index contributed by atoms with van der Waals surface area (Å²) in [6.45, 7) is 0.578. The first kappa shape index (κ1) is 25.0. The van der Waals surface area contributed by atoms with E-state index in [0.717, 1.165) is 22.5 Å². The van der Waals surface area contributed by atoms with E-state index in [-0.39, 0.29) is 36.3 Å². The van der Waals surface area contributed by atoms with Crippen molar-refractivity contribution in [1.29, 1.82) is 5.26 Å². The molecule has 0 N–H and O–H groups in total. The van der Waals surface area contributed by atoms with Crippen molar-refractivity contribution in [3.8, 4) is 17.6 Å². The Morgan fingerprint density at radius 3 is 2.74 bits per heavy atom. The van der Waals surface area contributed by atoms with E-state index in [1.807, 2.05) is 6.08 Å². The van der Waals surface area contributed by atoms with E-state index >= 15 is 0 Å². The van der Waals surface area contributed by atoms with Crippen molar-refractivity contribution >= 4 is 16.1 Å². The van der Waals surface area contributed by atoms with E-state index in [9.17, 15) is 18.1 Å². The molecule has 0 bridgehead atoms. The second-order valence-electron chi connectivity index (χ2n) is 9.76. The normalized spacial score (nSPS) is 19.1. The molecule has 1 saturated heterocycles. The van der Waals surface area contributed by atoms with Crippen LogP contribution in [0.2, 0.25) is 0 Å². The molecule has 39 heavy (non-hydrogen) atoms. The van der Waals surface area contributed by atoms with Crippen molar-refractivity contribution in [2.75, 3.05) is 19.7 Å². The van der Waals surface area contributed by atoms with E-state index in [0.29, 0.717) is 18.4 Å². The molecule has 0 saturated carbocycles. The van der Waals surface area contributed by atoms with E-state index in [1.165, 1.54) is 33.5 Å². The summed E-state index contributed by atoms with van der Waals surface area (Å²) in [5.74, 6) is -0.128. The maximum absolute atomic E-state index is 13.6. The van der Waals surface area contributed by atoms with Crippen molar-refractivity contribution in [3.05, 3.63) is 89.4 Å². The Balaban J connectivity index is 1.39. The Morgan fingerprint density at radius 1 is 1.18 bits per heavy atom. The fraction of sp³-hybridized carbons (Fsp3) is 0.259. The molecule has 198 valence electrons. The van der Waals surface area contributed by atoms with Crippen LogP contribution in [0, 0.1) is 22.6 Å². The van der Waals surface area contributed by atoms with Gasteiger partial charge in [-0.3, -0.25) is 4.68 Å². The highest BCUT2D eigenvalue weighted by Crippen LogP contribution is 2.45. The maximum atomic E-state index is 13.6. The molecule has 0 spiro atoms. The van der Waals surface area contributed by atoms with Gasteiger partial charge in [0.25, 0.3) is 0 Å². The fourth-order valence-corrected chi connectivity index (χ4v) is 6.81. The fourth-order valence-electron chi connectivity index (χ4n) is 5.30. The summed E-state index contributed by atoms with van der Waals surface area (Å²) < 4.78 is 51.5. The predicted molar refractivity (Wildman–Crippen MR) is 139 cm³/mol. The van der Waals surface area contributed by atoms with Gasteiger partial charge in [0, 0.05) is 37.9 Å². The SMILES string of the molecule is Cn1cc(S(=O)(=O)N2CCC3=Cc4c(cnn4-c4ccc(F)cc4)C[C@]3(COc3ncccc3C#N)C2)cn1. The molecule has 1 aliphatic carbocycles. The lowest BCUT2D eigenvalue weighted by molar-refractivity contribution is 0.121. The number of sulfonamides is 1. The second kappa shape index (κ2) is 9.44. The standard InChI is InChI=1S/C27H24FN7O3S/c1-33-16-24(15-31-33)39(36,37)34-10-8-21-11-25-20(14-32-35(25)23-6-4-22(28)5-7-23)12-27(21,17-34)18-38-26-19(13-29)3-2-9-30-26/h2-7,9,11,14-16H,8,10,12,17-18H2,1H3/t27-/m1/s1. The van der Waals surface area contributed by atoms with Crippen molar-refractivity contribution in [1.82, 2.24) is 28.9 Å². The Morgan fingerprint density at radius 2 is 2.00 bits per heavy atom. The highest BCUT2D eigenvalue weighted by Gasteiger charge is 2.47. The number of halogens is 1. The molecule has 12 heteroatoms. The molecule has 10 nitrogen and oxygen atoms in total. The van der Waals surface area contributed by atoms with E-state index < -0.39 is 15.4 Å². The molecule has 1 fully saturated rings. The number of hydrogen-bond donors (Lipinski definition) is 0. The van der Waals surface area contributed by atoms with Crippen molar-refractivity contribution in [2.45, 2.75) is 17.7 Å². The number of hydrogen-bond acceptors (Lipinski definition) is 7. The van der Waals surface area contributed by atoms with Gasteiger partial charge in [0.2, 0.25) is 15.9 Å². The first-order valence-corrected chi connectivity index (χ1v) is 13.7. The molecule has 0 unspecified atom stereocenters. The van der Waals surface area contributed by atoms with Crippen LogP contribution in [0.5, 0.6) is 5.88 Å². The topological polar surface area (TPSA) is 119 Å². The molecule has 4 aromatic rings. The molecule has 1 aliphatic heterocycles. The van der Waals surface area contributed by atoms with Gasteiger partial charge in [-0.05, 0) is 60.9 Å². The number of benzene rings is 1. The van der Waals surface area contributed by atoms with Gasteiger partial charge < -0.3 is 4.74 Å². The number of aromatic nitrogens is 5. The third-order valence-corrected chi connectivity index (χ3v) is 9.08. The van der Waals surface area contributed by atoms with E-state index in [1.54, 1.807) is 48.4 Å². The lowest BCUT2D eigenvalue weighted by atomic mass is 9.69. The summed E-state index contributed by atoms with van der Waals surface area (Å²) in [5.41, 5.74) is 3.10. The second-order valence-corrected chi connectivity index (χ2v) is 11.7.